The zero-order valence-corrected chi connectivity index (χ0v) is 14.7. The summed E-state index contributed by atoms with van der Waals surface area (Å²) < 4.78 is 5.75. The van der Waals surface area contributed by atoms with Crippen LogP contribution in [0.2, 0.25) is 0 Å². The average molecular weight is 315 g/mol. The first-order chi connectivity index (χ1) is 11.1. The van der Waals surface area contributed by atoms with E-state index in [0.717, 1.165) is 31.5 Å². The molecule has 1 aromatic rings. The second-order valence-corrected chi connectivity index (χ2v) is 7.59. The molecule has 1 heterocycles. The number of ether oxygens (including phenoxy) is 1. The fourth-order valence-electron chi connectivity index (χ4n) is 4.49. The minimum Gasteiger partial charge on any atom is -0.381 e. The van der Waals surface area contributed by atoms with E-state index in [1.54, 1.807) is 0 Å². The number of carbonyl (C=O) groups excluding carboxylic acids is 1. The van der Waals surface area contributed by atoms with Crippen molar-refractivity contribution in [3.63, 3.8) is 0 Å². The van der Waals surface area contributed by atoms with Crippen LogP contribution in [0.15, 0.2) is 24.3 Å². The molecule has 1 aliphatic carbocycles. The number of methoxy groups -OCH3 is 1. The van der Waals surface area contributed by atoms with Gasteiger partial charge in [0, 0.05) is 31.2 Å². The maximum atomic E-state index is 13.0. The third-order valence-electron chi connectivity index (χ3n) is 5.80. The van der Waals surface area contributed by atoms with E-state index in [1.165, 1.54) is 24.8 Å². The lowest BCUT2D eigenvalue weighted by atomic mass is 9.76. The Hall–Kier alpha value is -1.35. The Morgan fingerprint density at radius 1 is 1.30 bits per heavy atom. The Balaban J connectivity index is 1.78. The number of amides is 1. The fraction of sp³-hybridized carbons (Fsp3) is 0.650. The molecule has 0 aromatic heterocycles. The van der Waals surface area contributed by atoms with Gasteiger partial charge >= 0.3 is 0 Å². The molecule has 0 unspecified atom stereocenters. The lowest BCUT2D eigenvalue weighted by molar-refractivity contribution is -0.0295. The number of likely N-dealkylation sites (tertiary alicyclic amines) is 1. The number of benzene rings is 1. The number of nitrogens with zero attached hydrogens (tertiary/aromatic N) is 1. The van der Waals surface area contributed by atoms with Crippen molar-refractivity contribution < 1.29 is 9.53 Å². The van der Waals surface area contributed by atoms with E-state index in [9.17, 15) is 4.79 Å². The van der Waals surface area contributed by atoms with Crippen LogP contribution in [0.5, 0.6) is 0 Å². The van der Waals surface area contributed by atoms with Crippen molar-refractivity contribution in [2.24, 2.45) is 5.41 Å². The highest BCUT2D eigenvalue weighted by Crippen LogP contribution is 2.46. The summed E-state index contributed by atoms with van der Waals surface area (Å²) in [5, 5.41) is 0. The highest BCUT2D eigenvalue weighted by molar-refractivity contribution is 5.94. The van der Waals surface area contributed by atoms with Crippen LogP contribution in [0.1, 0.15) is 67.8 Å². The first kappa shape index (κ1) is 16.5. The Bertz CT molecular complexity index is 569. The summed E-state index contributed by atoms with van der Waals surface area (Å²) in [5.41, 5.74) is 2.26. The molecule has 3 rings (SSSR count). The van der Waals surface area contributed by atoms with Gasteiger partial charge in [0.05, 0.1) is 6.10 Å². The maximum absolute atomic E-state index is 13.0. The lowest BCUT2D eigenvalue weighted by Gasteiger charge is -2.43. The molecule has 3 nitrogen and oxygen atoms in total. The van der Waals surface area contributed by atoms with Gasteiger partial charge in [0.1, 0.15) is 0 Å². The monoisotopic (exact) mass is 315 g/mol. The second-order valence-electron chi connectivity index (χ2n) is 7.59. The zero-order valence-electron chi connectivity index (χ0n) is 14.7. The van der Waals surface area contributed by atoms with E-state index in [4.69, 9.17) is 4.74 Å². The minimum atomic E-state index is 0.188. The quantitative estimate of drug-likeness (QED) is 0.835. The minimum absolute atomic E-state index is 0.188. The highest BCUT2D eigenvalue weighted by Gasteiger charge is 2.46. The van der Waals surface area contributed by atoms with Gasteiger partial charge in [0.2, 0.25) is 0 Å². The molecule has 1 amide bonds. The van der Waals surface area contributed by atoms with E-state index in [0.29, 0.717) is 12.0 Å². The molecule has 1 saturated heterocycles. The summed E-state index contributed by atoms with van der Waals surface area (Å²) in [4.78, 5) is 15.1. The third-order valence-corrected chi connectivity index (χ3v) is 5.80. The number of rotatable bonds is 3. The van der Waals surface area contributed by atoms with Crippen LogP contribution in [0.25, 0.3) is 0 Å². The SMILES string of the molecule is CO[C@@H]1CCC[C@]12CCCN(C(=O)c1cccc(C(C)C)c1)C2. The predicted octanol–water partition coefficient (Wildman–Crippen LogP) is 4.23. The van der Waals surface area contributed by atoms with Crippen molar-refractivity contribution in [3.8, 4) is 0 Å². The molecular formula is C20H29NO2. The molecule has 1 aromatic carbocycles. The summed E-state index contributed by atoms with van der Waals surface area (Å²) in [7, 11) is 1.82. The molecular weight excluding hydrogens is 286 g/mol. The third kappa shape index (κ3) is 3.16. The lowest BCUT2D eigenvalue weighted by Crippen LogP contribution is -2.49. The van der Waals surface area contributed by atoms with E-state index in [1.807, 2.05) is 19.2 Å². The second kappa shape index (κ2) is 6.64. The van der Waals surface area contributed by atoms with Crippen molar-refractivity contribution in [1.82, 2.24) is 4.90 Å². The summed E-state index contributed by atoms with van der Waals surface area (Å²) in [5.74, 6) is 0.636. The van der Waals surface area contributed by atoms with Gasteiger partial charge in [-0.15, -0.1) is 0 Å². The first-order valence-corrected chi connectivity index (χ1v) is 8.98. The molecule has 0 N–H and O–H groups in total. The average Bonchev–Trinajstić information content (AvgIpc) is 2.96. The zero-order chi connectivity index (χ0) is 16.4. The van der Waals surface area contributed by atoms with Crippen molar-refractivity contribution in [1.29, 1.82) is 0 Å². The van der Waals surface area contributed by atoms with Crippen LogP contribution in [0, 0.1) is 5.41 Å². The number of hydrogen-bond acceptors (Lipinski definition) is 2. The fourth-order valence-corrected chi connectivity index (χ4v) is 4.49. The highest BCUT2D eigenvalue weighted by atomic mass is 16.5. The Morgan fingerprint density at radius 2 is 2.09 bits per heavy atom. The molecule has 23 heavy (non-hydrogen) atoms. The van der Waals surface area contributed by atoms with Gasteiger partial charge in [-0.1, -0.05) is 32.4 Å². The first-order valence-electron chi connectivity index (χ1n) is 8.98. The van der Waals surface area contributed by atoms with Crippen LogP contribution >= 0.6 is 0 Å². The summed E-state index contributed by atoms with van der Waals surface area (Å²) in [6.07, 6.45) is 6.17. The van der Waals surface area contributed by atoms with Gasteiger partial charge in [-0.25, -0.2) is 0 Å². The van der Waals surface area contributed by atoms with Crippen LogP contribution in [-0.2, 0) is 4.74 Å². The Kier molecular flexibility index (Phi) is 4.77. The van der Waals surface area contributed by atoms with Crippen LogP contribution in [0.4, 0.5) is 0 Å². The van der Waals surface area contributed by atoms with Gasteiger partial charge in [0.25, 0.3) is 5.91 Å². The van der Waals surface area contributed by atoms with Gasteiger partial charge < -0.3 is 9.64 Å². The van der Waals surface area contributed by atoms with Gasteiger partial charge in [-0.05, 0) is 49.3 Å². The Labute approximate surface area is 140 Å². The maximum Gasteiger partial charge on any atom is 0.253 e. The summed E-state index contributed by atoms with van der Waals surface area (Å²) >= 11 is 0. The molecule has 2 atom stereocenters. The van der Waals surface area contributed by atoms with Crippen LogP contribution in [-0.4, -0.2) is 37.1 Å². The predicted molar refractivity (Wildman–Crippen MR) is 92.7 cm³/mol. The molecule has 1 saturated carbocycles. The van der Waals surface area contributed by atoms with Gasteiger partial charge in [-0.3, -0.25) is 4.79 Å². The van der Waals surface area contributed by atoms with Gasteiger partial charge in [-0.2, -0.15) is 0 Å². The normalized spacial score (nSPS) is 27.8. The molecule has 0 radical (unpaired) electrons. The standard InChI is InChI=1S/C20H29NO2/c1-15(2)16-7-4-8-17(13-16)19(22)21-12-6-11-20(14-21)10-5-9-18(20)23-3/h4,7-8,13,15,18H,5-6,9-12,14H2,1-3H3/t18-,20-/m1/s1. The molecule has 1 spiro atoms. The number of piperidine rings is 1. The topological polar surface area (TPSA) is 29.5 Å². The Morgan fingerprint density at radius 3 is 2.83 bits per heavy atom. The molecule has 2 fully saturated rings. The number of carbonyl (C=O) groups is 1. The smallest absolute Gasteiger partial charge is 0.253 e. The number of hydrogen-bond donors (Lipinski definition) is 0. The van der Waals surface area contributed by atoms with E-state index < -0.39 is 0 Å². The largest absolute Gasteiger partial charge is 0.381 e. The summed E-state index contributed by atoms with van der Waals surface area (Å²) in [6, 6.07) is 8.14. The van der Waals surface area contributed by atoms with Crippen molar-refractivity contribution in [2.45, 2.75) is 58.0 Å². The van der Waals surface area contributed by atoms with Crippen molar-refractivity contribution >= 4 is 5.91 Å². The summed E-state index contributed by atoms with van der Waals surface area (Å²) in [6.45, 7) is 6.07. The van der Waals surface area contributed by atoms with Crippen molar-refractivity contribution in [2.75, 3.05) is 20.2 Å². The van der Waals surface area contributed by atoms with Crippen LogP contribution < -0.4 is 0 Å². The van der Waals surface area contributed by atoms with Gasteiger partial charge in [0.15, 0.2) is 0 Å². The van der Waals surface area contributed by atoms with Crippen molar-refractivity contribution in [3.05, 3.63) is 35.4 Å². The molecule has 3 heteroatoms. The van der Waals surface area contributed by atoms with E-state index >= 15 is 0 Å². The molecule has 0 bridgehead atoms. The molecule has 2 aliphatic rings. The van der Waals surface area contributed by atoms with E-state index in [-0.39, 0.29) is 11.3 Å². The van der Waals surface area contributed by atoms with Crippen LogP contribution in [0.3, 0.4) is 0 Å². The van der Waals surface area contributed by atoms with E-state index in [2.05, 4.69) is 30.9 Å². The molecule has 126 valence electrons. The molecule has 1 aliphatic heterocycles.